The van der Waals surface area contributed by atoms with Crippen molar-refractivity contribution in [1.29, 1.82) is 0 Å². The minimum Gasteiger partial charge on any atom is -0.0622 e. The van der Waals surface area contributed by atoms with Gasteiger partial charge < -0.3 is 0 Å². The van der Waals surface area contributed by atoms with Crippen LogP contribution in [0.3, 0.4) is 0 Å². The van der Waals surface area contributed by atoms with Crippen molar-refractivity contribution >= 4 is 37.1 Å². The summed E-state index contributed by atoms with van der Waals surface area (Å²) in [6, 6.07) is 44.9. The third-order valence-corrected chi connectivity index (χ3v) is 12.0. The molecule has 1 aliphatic rings. The van der Waals surface area contributed by atoms with Crippen LogP contribution in [0.4, 0.5) is 0 Å². The van der Waals surface area contributed by atoms with Crippen LogP contribution < -0.4 is 21.2 Å². The van der Waals surface area contributed by atoms with Gasteiger partial charge in [-0.2, -0.15) is 0 Å². The van der Waals surface area contributed by atoms with Crippen LogP contribution in [0.5, 0.6) is 0 Å². The number of hydrogen-bond acceptors (Lipinski definition) is 0. The molecule has 170 valence electrons. The molecular weight excluding hydrogens is 617 g/mol. The maximum atomic E-state index is 2.34. The summed E-state index contributed by atoms with van der Waals surface area (Å²) < 4.78 is 0. The Morgan fingerprint density at radius 3 is 0.879 bits per heavy atom. The van der Waals surface area contributed by atoms with Crippen LogP contribution in [0, 0.1) is 11.8 Å². The molecule has 0 saturated heterocycles. The molecular formula is C30H30P2Pt. The van der Waals surface area contributed by atoms with Gasteiger partial charge in [0.15, 0.2) is 0 Å². The molecule has 0 N–H and O–H groups in total. The molecule has 3 heteroatoms. The predicted octanol–water partition coefficient (Wildman–Crippen LogP) is 6.28. The number of benzene rings is 4. The Hall–Kier alpha value is -1.57. The SMILES string of the molecule is [Pt].c1ccc(P(CC2CCC2CP(c2ccccc2)c2ccccc2)c2ccccc2)cc1. The van der Waals surface area contributed by atoms with Crippen LogP contribution in [0.25, 0.3) is 0 Å². The van der Waals surface area contributed by atoms with Gasteiger partial charge in [0.2, 0.25) is 0 Å². The minimum absolute atomic E-state index is 0. The standard InChI is InChI=1S/C30H30P2.Pt/c1-5-13-27(14-6-1)31(28-15-7-2-8-16-28)23-25-21-22-26(25)24-32(29-17-9-3-10-18-29)30-19-11-4-12-20-30;/h1-20,25-26H,21-24H2;. The Bertz CT molecular complexity index is 917. The number of hydrogen-bond donors (Lipinski definition) is 0. The Kier molecular flexibility index (Phi) is 9.09. The molecule has 2 atom stereocenters. The van der Waals surface area contributed by atoms with Gasteiger partial charge >= 0.3 is 0 Å². The second kappa shape index (κ2) is 12.2. The van der Waals surface area contributed by atoms with E-state index in [9.17, 15) is 0 Å². The second-order valence-electron chi connectivity index (χ2n) is 8.66. The van der Waals surface area contributed by atoms with Crippen molar-refractivity contribution in [3.05, 3.63) is 121 Å². The normalized spacial score (nSPS) is 17.4. The molecule has 1 saturated carbocycles. The van der Waals surface area contributed by atoms with Crippen molar-refractivity contribution in [3.63, 3.8) is 0 Å². The van der Waals surface area contributed by atoms with Crippen molar-refractivity contribution in [3.8, 4) is 0 Å². The van der Waals surface area contributed by atoms with E-state index < -0.39 is 0 Å². The Balaban J connectivity index is 0.00000259. The molecule has 0 radical (unpaired) electrons. The van der Waals surface area contributed by atoms with Gasteiger partial charge in [0.1, 0.15) is 0 Å². The fraction of sp³-hybridized carbons (Fsp3) is 0.200. The molecule has 0 aliphatic heterocycles. The smallest absolute Gasteiger partial charge is 0 e. The summed E-state index contributed by atoms with van der Waals surface area (Å²) in [7, 11) is -0.596. The van der Waals surface area contributed by atoms with E-state index in [1.165, 1.54) is 46.4 Å². The maximum absolute atomic E-state index is 2.34. The topological polar surface area (TPSA) is 0 Å². The van der Waals surface area contributed by atoms with E-state index in [-0.39, 0.29) is 36.9 Å². The maximum Gasteiger partial charge on any atom is 0 e. The van der Waals surface area contributed by atoms with Crippen molar-refractivity contribution in [2.24, 2.45) is 11.8 Å². The molecule has 0 aromatic heterocycles. The van der Waals surface area contributed by atoms with Gasteiger partial charge in [-0.1, -0.05) is 121 Å². The van der Waals surface area contributed by atoms with Gasteiger partial charge in [0, 0.05) is 21.1 Å². The van der Waals surface area contributed by atoms with E-state index in [0.717, 1.165) is 11.8 Å². The quantitative estimate of drug-likeness (QED) is 0.198. The monoisotopic (exact) mass is 647 g/mol. The van der Waals surface area contributed by atoms with Crippen LogP contribution in [0.2, 0.25) is 0 Å². The third kappa shape index (κ3) is 6.11. The molecule has 2 unspecified atom stereocenters. The van der Waals surface area contributed by atoms with E-state index in [1.54, 1.807) is 0 Å². The summed E-state index contributed by atoms with van der Waals surface area (Å²) in [6.45, 7) is 0. The van der Waals surface area contributed by atoms with Gasteiger partial charge in [-0.15, -0.1) is 0 Å². The molecule has 5 rings (SSSR count). The first-order chi connectivity index (χ1) is 15.9. The fourth-order valence-electron chi connectivity index (χ4n) is 4.74. The van der Waals surface area contributed by atoms with Gasteiger partial charge in [0.05, 0.1) is 0 Å². The summed E-state index contributed by atoms with van der Waals surface area (Å²) in [5.41, 5.74) is 0. The van der Waals surface area contributed by atoms with Crippen LogP contribution >= 0.6 is 15.8 Å². The van der Waals surface area contributed by atoms with E-state index in [0.29, 0.717) is 0 Å². The molecule has 33 heavy (non-hydrogen) atoms. The summed E-state index contributed by atoms with van der Waals surface area (Å²) in [5.74, 6) is 1.66. The van der Waals surface area contributed by atoms with Crippen LogP contribution in [-0.2, 0) is 21.1 Å². The molecule has 1 aliphatic carbocycles. The van der Waals surface area contributed by atoms with E-state index in [4.69, 9.17) is 0 Å². The van der Waals surface area contributed by atoms with Gasteiger partial charge in [-0.05, 0) is 74.1 Å². The van der Waals surface area contributed by atoms with Gasteiger partial charge in [-0.25, -0.2) is 0 Å². The van der Waals surface area contributed by atoms with Crippen LogP contribution in [0.15, 0.2) is 121 Å². The zero-order valence-electron chi connectivity index (χ0n) is 18.7. The Labute approximate surface area is 215 Å². The average Bonchev–Trinajstić information content (AvgIpc) is 2.86. The van der Waals surface area contributed by atoms with Gasteiger partial charge in [0.25, 0.3) is 0 Å². The predicted molar refractivity (Wildman–Crippen MR) is 144 cm³/mol. The molecule has 0 heterocycles. The molecule has 0 amide bonds. The zero-order chi connectivity index (χ0) is 21.6. The van der Waals surface area contributed by atoms with Crippen molar-refractivity contribution in [2.75, 3.05) is 12.3 Å². The molecule has 0 nitrogen and oxygen atoms in total. The van der Waals surface area contributed by atoms with Gasteiger partial charge in [-0.3, -0.25) is 0 Å². The first-order valence-electron chi connectivity index (χ1n) is 11.6. The largest absolute Gasteiger partial charge is 0.0622 e. The van der Waals surface area contributed by atoms with E-state index in [2.05, 4.69) is 121 Å². The molecule has 0 bridgehead atoms. The first-order valence-corrected chi connectivity index (χ1v) is 14.7. The third-order valence-electron chi connectivity index (χ3n) is 6.68. The average molecular weight is 648 g/mol. The van der Waals surface area contributed by atoms with Crippen LogP contribution in [0.1, 0.15) is 12.8 Å². The summed E-state index contributed by atoms with van der Waals surface area (Å²) in [4.78, 5) is 0. The van der Waals surface area contributed by atoms with Crippen molar-refractivity contribution < 1.29 is 21.1 Å². The number of rotatable bonds is 8. The van der Waals surface area contributed by atoms with E-state index >= 15 is 0 Å². The zero-order valence-corrected chi connectivity index (χ0v) is 22.8. The first kappa shape index (κ1) is 24.5. The summed E-state index contributed by atoms with van der Waals surface area (Å²) >= 11 is 0. The molecule has 1 fully saturated rings. The minimum atomic E-state index is -0.298. The summed E-state index contributed by atoms with van der Waals surface area (Å²) in [6.07, 6.45) is 5.41. The molecule has 0 spiro atoms. The summed E-state index contributed by atoms with van der Waals surface area (Å²) in [5, 5.41) is 6.08. The molecule has 4 aromatic rings. The Morgan fingerprint density at radius 1 is 0.424 bits per heavy atom. The van der Waals surface area contributed by atoms with Crippen molar-refractivity contribution in [1.82, 2.24) is 0 Å². The molecule has 4 aromatic carbocycles. The Morgan fingerprint density at radius 2 is 0.667 bits per heavy atom. The second-order valence-corrected chi connectivity index (χ2v) is 13.2. The van der Waals surface area contributed by atoms with Crippen LogP contribution in [-0.4, -0.2) is 12.3 Å². The van der Waals surface area contributed by atoms with Crippen molar-refractivity contribution in [2.45, 2.75) is 12.8 Å². The van der Waals surface area contributed by atoms with E-state index in [1.807, 2.05) is 0 Å². The fourth-order valence-corrected chi connectivity index (χ4v) is 10.2.